The average molecular weight is 1360 g/mol. The van der Waals surface area contributed by atoms with Gasteiger partial charge in [-0.25, -0.2) is 0 Å². The maximum atomic E-state index is 2.96. The van der Waals surface area contributed by atoms with Gasteiger partial charge < -0.3 is 14.7 Å². The van der Waals surface area contributed by atoms with Crippen molar-refractivity contribution in [3.8, 4) is 66.8 Å². The van der Waals surface area contributed by atoms with Gasteiger partial charge >= 0.3 is 0 Å². The number of rotatable bonds is 9. The molecule has 0 unspecified atom stereocenters. The van der Waals surface area contributed by atoms with Crippen molar-refractivity contribution >= 4 is 149 Å². The lowest BCUT2D eigenvalue weighted by atomic mass is 9.33. The van der Waals surface area contributed by atoms with Crippen molar-refractivity contribution in [3.05, 3.63) is 340 Å². The Morgan fingerprint density at radius 3 is 0.935 bits per heavy atom. The van der Waals surface area contributed by atoms with Gasteiger partial charge in [0.05, 0.1) is 11.4 Å². The maximum absolute atomic E-state index is 2.96. The van der Waals surface area contributed by atoms with E-state index in [1.54, 1.807) is 0 Å². The number of anilines is 7. The normalized spacial score (nSPS) is 17.1. The largest absolute Gasteiger partial charge is 0.365 e. The van der Waals surface area contributed by atoms with Gasteiger partial charge in [0.1, 0.15) is 0 Å². The molecule has 4 bridgehead atoms. The first-order valence-corrected chi connectivity index (χ1v) is 38.6. The molecule has 0 spiro atoms. The second kappa shape index (κ2) is 22.9. The number of hydrogen-bond donors (Lipinski definition) is 0. The number of hydrogen-bond acceptors (Lipinski definition) is 3. The highest BCUT2D eigenvalue weighted by Crippen LogP contribution is 2.58. The van der Waals surface area contributed by atoms with Crippen LogP contribution in [-0.4, -0.2) is 18.8 Å². The molecule has 4 aliphatic heterocycles. The maximum Gasteiger partial charge on any atom is 0.252 e. The van der Waals surface area contributed by atoms with Gasteiger partial charge in [-0.3, -0.25) is 0 Å². The molecule has 6 aliphatic rings. The van der Waals surface area contributed by atoms with E-state index in [1.807, 2.05) is 0 Å². The molecule has 2 saturated carbocycles. The van der Waals surface area contributed by atoms with E-state index in [1.165, 1.54) is 241 Å². The summed E-state index contributed by atoms with van der Waals surface area (Å²) in [4.78, 5) is 8.50. The fourth-order valence-electron chi connectivity index (χ4n) is 21.7. The Hall–Kier alpha value is -12.8. The van der Waals surface area contributed by atoms with Crippen molar-refractivity contribution in [2.45, 2.75) is 44.2 Å². The lowest BCUT2D eigenvalue weighted by Gasteiger charge is -2.58. The molecular formula is C103H70BN3. The molecule has 0 N–H and O–H groups in total. The summed E-state index contributed by atoms with van der Waals surface area (Å²) in [5.41, 5.74) is 26.7. The van der Waals surface area contributed by atoms with E-state index in [2.05, 4.69) is 354 Å². The van der Waals surface area contributed by atoms with Crippen molar-refractivity contribution in [2.24, 2.45) is 11.8 Å². The minimum Gasteiger partial charge on any atom is -0.365 e. The van der Waals surface area contributed by atoms with Crippen LogP contribution >= 0.6 is 0 Å². The molecule has 19 aromatic rings. The number of para-hydroxylation sites is 2. The first-order chi connectivity index (χ1) is 53.1. The fourth-order valence-corrected chi connectivity index (χ4v) is 21.7. The number of nitrogens with zero attached hydrogens (tertiary/aromatic N) is 3. The Labute approximate surface area is 622 Å². The summed E-state index contributed by atoms with van der Waals surface area (Å²) in [7, 11) is 0. The Morgan fingerprint density at radius 2 is 0.561 bits per heavy atom. The molecule has 0 atom stereocenters. The standard InChI is InChI=1S/C103H70BN3/c1-5-21-64(22-6-1)77-33-17-34-78(65-23-7-2-8-24-65)102(77)106-93-51-45-70(75-47-49-89-85-39-15-31-68-29-13-37-83(97(68)85)87-43-19-41-81(75)99(87)89)58-91(93)104-92-59-71(76-48-50-90-86-40-16-32-69-30-14-38-84(98(69)86)88-44-20-42-82(76)100(88)90)46-52-94(92)107(103-79(66-25-9-3-10-26-66)35-18-36-80(103)67-27-11-4-12-28-67)96-61-74(60-95(106)101(96)104)105-72-54-62-53-63(56-72)57-73(105)55-62/h1-52,58-63,72-73H,53-57H2. The van der Waals surface area contributed by atoms with Crippen LogP contribution < -0.4 is 31.1 Å². The zero-order valence-corrected chi connectivity index (χ0v) is 59.1. The monoisotopic (exact) mass is 1360 g/mol. The molecule has 3 nitrogen and oxygen atoms in total. The second-order valence-corrected chi connectivity index (χ2v) is 31.2. The summed E-state index contributed by atoms with van der Waals surface area (Å²) in [6.45, 7) is -0.248. The first kappa shape index (κ1) is 59.6. The molecule has 2 saturated heterocycles. The third-order valence-corrected chi connectivity index (χ3v) is 25.8. The van der Waals surface area contributed by atoms with Crippen LogP contribution in [0.1, 0.15) is 32.1 Å². The van der Waals surface area contributed by atoms with Gasteiger partial charge in [0.15, 0.2) is 0 Å². The van der Waals surface area contributed by atoms with Gasteiger partial charge in [0, 0.05) is 62.8 Å². The van der Waals surface area contributed by atoms with Crippen molar-refractivity contribution in [2.75, 3.05) is 14.7 Å². The summed E-state index contributed by atoms with van der Waals surface area (Å²) < 4.78 is 0. The third kappa shape index (κ3) is 8.67. The number of benzene rings is 19. The fraction of sp³-hybridized carbons (Fsp3) is 0.0874. The van der Waals surface area contributed by atoms with Crippen LogP contribution in [0.15, 0.2) is 340 Å². The zero-order chi connectivity index (χ0) is 69.7. The molecule has 0 radical (unpaired) electrons. The van der Waals surface area contributed by atoms with Crippen LogP contribution in [-0.2, 0) is 0 Å². The van der Waals surface area contributed by atoms with Gasteiger partial charge in [-0.1, -0.05) is 315 Å². The van der Waals surface area contributed by atoms with Crippen LogP contribution in [0.5, 0.6) is 0 Å². The van der Waals surface area contributed by atoms with Crippen molar-refractivity contribution < 1.29 is 0 Å². The van der Waals surface area contributed by atoms with Crippen molar-refractivity contribution in [3.63, 3.8) is 0 Å². The third-order valence-electron chi connectivity index (χ3n) is 25.8. The van der Waals surface area contributed by atoms with Crippen LogP contribution in [0, 0.1) is 11.8 Å². The van der Waals surface area contributed by atoms with Crippen LogP contribution in [0.25, 0.3) is 153 Å². The lowest BCUT2D eigenvalue weighted by Crippen LogP contribution is -2.62. The number of piperidine rings is 2. The Balaban J connectivity index is 0.851. The predicted octanol–water partition coefficient (Wildman–Crippen LogP) is 25.6. The van der Waals surface area contributed by atoms with Gasteiger partial charge in [-0.2, -0.15) is 0 Å². The van der Waals surface area contributed by atoms with E-state index < -0.39 is 0 Å². The molecule has 0 aromatic heterocycles. The molecule has 0 amide bonds. The minimum atomic E-state index is -0.248. The Kier molecular flexibility index (Phi) is 12.7. The predicted molar refractivity (Wildman–Crippen MR) is 456 cm³/mol. The van der Waals surface area contributed by atoms with Gasteiger partial charge in [-0.15, -0.1) is 0 Å². The van der Waals surface area contributed by atoms with Crippen molar-refractivity contribution in [1.29, 1.82) is 0 Å². The molecule has 19 aromatic carbocycles. The van der Waals surface area contributed by atoms with E-state index >= 15 is 0 Å². The summed E-state index contributed by atoms with van der Waals surface area (Å²) in [5, 5.41) is 20.8. The molecule has 107 heavy (non-hydrogen) atoms. The van der Waals surface area contributed by atoms with Crippen LogP contribution in [0.3, 0.4) is 0 Å². The van der Waals surface area contributed by atoms with Crippen molar-refractivity contribution in [1.82, 2.24) is 0 Å². The molecule has 500 valence electrons. The summed E-state index contributed by atoms with van der Waals surface area (Å²) in [6, 6.07) is 132. The summed E-state index contributed by atoms with van der Waals surface area (Å²) in [5.74, 6) is 1.56. The van der Waals surface area contributed by atoms with E-state index in [-0.39, 0.29) is 6.71 Å². The smallest absolute Gasteiger partial charge is 0.252 e. The Bertz CT molecular complexity index is 6270. The van der Waals surface area contributed by atoms with Gasteiger partial charge in [0.25, 0.3) is 6.71 Å². The summed E-state index contributed by atoms with van der Waals surface area (Å²) >= 11 is 0. The topological polar surface area (TPSA) is 9.72 Å². The molecule has 25 rings (SSSR count). The van der Waals surface area contributed by atoms with Crippen LogP contribution in [0.4, 0.5) is 39.8 Å². The summed E-state index contributed by atoms with van der Waals surface area (Å²) in [6.07, 6.45) is 6.36. The number of fused-ring (bicyclic) bond motifs is 8. The highest BCUT2D eigenvalue weighted by molar-refractivity contribution is 7.00. The Morgan fingerprint density at radius 1 is 0.234 bits per heavy atom. The first-order valence-electron chi connectivity index (χ1n) is 38.6. The highest BCUT2D eigenvalue weighted by Gasteiger charge is 2.50. The van der Waals surface area contributed by atoms with E-state index in [4.69, 9.17) is 0 Å². The molecule has 4 heterocycles. The molecule has 4 heteroatoms. The van der Waals surface area contributed by atoms with Gasteiger partial charge in [0.2, 0.25) is 0 Å². The highest BCUT2D eigenvalue weighted by atomic mass is 15.2. The van der Waals surface area contributed by atoms with E-state index in [0.717, 1.165) is 11.8 Å². The van der Waals surface area contributed by atoms with Gasteiger partial charge in [-0.05, 0) is 215 Å². The zero-order valence-electron chi connectivity index (χ0n) is 59.1. The SMILES string of the molecule is c1ccc(-c2cccc(-c3ccccc3)c2N2c3ccc(-c4ccc5c6cccc7cccc(c8cccc4c85)c76)cc3B3c4cc(-c5ccc6c7cccc8cccc(c9cccc5c96)c87)ccc4N(c4c(-c5ccccc5)cccc4-c4ccccc4)c4cc(N5C6CC7CC(C6)CC5C7)cc2c43)cc1. The van der Waals surface area contributed by atoms with E-state index in [9.17, 15) is 0 Å². The molecule has 2 aliphatic carbocycles. The quantitative estimate of drug-likeness (QED) is 0.0810. The average Bonchev–Trinajstić information content (AvgIpc) is 0.684. The second-order valence-electron chi connectivity index (χ2n) is 31.2. The van der Waals surface area contributed by atoms with E-state index in [0.29, 0.717) is 12.1 Å². The van der Waals surface area contributed by atoms with Crippen LogP contribution in [0.2, 0.25) is 0 Å². The molecule has 4 fully saturated rings. The lowest BCUT2D eigenvalue weighted by molar-refractivity contribution is 0.0900. The molecular weight excluding hydrogens is 1290 g/mol. The minimum absolute atomic E-state index is 0.248.